The summed E-state index contributed by atoms with van der Waals surface area (Å²) in [6, 6.07) is 33.2. The summed E-state index contributed by atoms with van der Waals surface area (Å²) in [6.07, 6.45) is 1.84. The first-order valence-electron chi connectivity index (χ1n) is 15.7. The average molecular weight is 805 g/mol. The van der Waals surface area contributed by atoms with E-state index < -0.39 is 0 Å². The van der Waals surface area contributed by atoms with Crippen molar-refractivity contribution in [1.82, 2.24) is 9.97 Å². The van der Waals surface area contributed by atoms with Crippen LogP contribution in [0.15, 0.2) is 91.1 Å². The van der Waals surface area contributed by atoms with Gasteiger partial charge in [-0.05, 0) is 63.3 Å². The Morgan fingerprint density at radius 2 is 1.37 bits per heavy atom. The van der Waals surface area contributed by atoms with Crippen LogP contribution in [0.4, 0.5) is 0 Å². The summed E-state index contributed by atoms with van der Waals surface area (Å²) in [7, 11) is 0. The van der Waals surface area contributed by atoms with Crippen LogP contribution in [0.5, 0.6) is 5.75 Å². The van der Waals surface area contributed by atoms with Crippen molar-refractivity contribution < 1.29 is 26.2 Å². The molecule has 2 aromatic heterocycles. The van der Waals surface area contributed by atoms with Gasteiger partial charge >= 0.3 is 0 Å². The van der Waals surface area contributed by atoms with Gasteiger partial charge in [0.25, 0.3) is 0 Å². The number of hydrogen-bond acceptors (Lipinski definition) is 4. The summed E-state index contributed by atoms with van der Waals surface area (Å²) >= 11 is 1.62. The van der Waals surface area contributed by atoms with Gasteiger partial charge in [-0.2, -0.15) is 0 Å². The van der Waals surface area contributed by atoms with Crippen LogP contribution in [0.2, 0.25) is 0 Å². The van der Waals surface area contributed by atoms with Gasteiger partial charge in [0.15, 0.2) is 0 Å². The molecule has 0 fully saturated rings. The van der Waals surface area contributed by atoms with E-state index in [0.29, 0.717) is 5.92 Å². The van der Waals surface area contributed by atoms with Gasteiger partial charge in [0.2, 0.25) is 0 Å². The monoisotopic (exact) mass is 804 g/mol. The Balaban J connectivity index is 0.00000417. The number of pyridine rings is 1. The van der Waals surface area contributed by atoms with Crippen LogP contribution in [0.3, 0.4) is 0 Å². The van der Waals surface area contributed by atoms with Crippen LogP contribution in [-0.4, -0.2) is 15.1 Å². The summed E-state index contributed by atoms with van der Waals surface area (Å²) in [4.78, 5) is 9.88. The fraction of sp³-hybridized carbons (Fsp3) is 0.268. The number of thiazole rings is 1. The maximum Gasteiger partial charge on any atom is 0.127 e. The predicted molar refractivity (Wildman–Crippen MR) is 191 cm³/mol. The average Bonchev–Trinajstić information content (AvgIpc) is 3.44. The molecule has 5 heteroatoms. The number of para-hydroxylation sites is 1. The van der Waals surface area contributed by atoms with Gasteiger partial charge in [-0.25, -0.2) is 4.98 Å². The predicted octanol–water partition coefficient (Wildman–Crippen LogP) is 11.6. The third-order valence-corrected chi connectivity index (χ3v) is 9.45. The van der Waals surface area contributed by atoms with Gasteiger partial charge in [-0.15, -0.1) is 35.1 Å². The molecule has 1 N–H and O–H groups in total. The van der Waals surface area contributed by atoms with E-state index in [4.69, 9.17) is 9.97 Å². The molecule has 0 spiro atoms. The summed E-state index contributed by atoms with van der Waals surface area (Å²) in [5.41, 5.74) is 11.6. The minimum atomic E-state index is -0.0728. The Bertz CT molecular complexity index is 2010. The number of nitrogens with zero attached hydrogens (tertiary/aromatic N) is 2. The zero-order valence-corrected chi connectivity index (χ0v) is 30.9. The van der Waals surface area contributed by atoms with E-state index in [1.54, 1.807) is 17.4 Å². The maximum absolute atomic E-state index is 10.7. The largest absolute Gasteiger partial charge is 0.507 e. The van der Waals surface area contributed by atoms with E-state index in [2.05, 4.69) is 104 Å². The van der Waals surface area contributed by atoms with E-state index >= 15 is 0 Å². The second kappa shape index (κ2) is 12.9. The number of phenols is 1. The van der Waals surface area contributed by atoms with Crippen molar-refractivity contribution in [2.45, 2.75) is 72.1 Å². The number of fused-ring (bicyclic) bond motifs is 1. The summed E-state index contributed by atoms with van der Waals surface area (Å²) in [6.45, 7) is 18.1. The molecule has 0 saturated heterocycles. The number of aromatic nitrogens is 2. The van der Waals surface area contributed by atoms with Gasteiger partial charge < -0.3 is 5.11 Å². The van der Waals surface area contributed by atoms with Gasteiger partial charge in [0.1, 0.15) is 10.8 Å². The first-order valence-corrected chi connectivity index (χ1v) is 16.5. The standard InChI is InChI=1S/C41H41N2OS.Pt/c1-25(2)26-17-28(22-31(21-26)40(3,4)5)27-18-29(20-30(19-27)35-14-11-12-16-42-35)34-23-32(41(6,7)8)24-37-38(34)43-39(45-37)33-13-9-10-15-36(33)44;/h9-19,21-25,44H,1-8H3;/q-1;. The third-order valence-electron chi connectivity index (χ3n) is 8.42. The Morgan fingerprint density at radius 1 is 0.717 bits per heavy atom. The molecule has 6 aromatic rings. The molecule has 4 aromatic carbocycles. The van der Waals surface area contributed by atoms with Crippen LogP contribution in [0.25, 0.3) is 54.3 Å². The molecule has 0 saturated carbocycles. The smallest absolute Gasteiger partial charge is 0.127 e. The van der Waals surface area contributed by atoms with Gasteiger partial charge in [-0.3, -0.25) is 4.98 Å². The molecule has 0 aliphatic rings. The second-order valence-electron chi connectivity index (χ2n) is 14.3. The van der Waals surface area contributed by atoms with Crippen molar-refractivity contribution in [2.24, 2.45) is 0 Å². The molecule has 0 bridgehead atoms. The fourth-order valence-electron chi connectivity index (χ4n) is 5.56. The molecule has 0 aliphatic carbocycles. The molecule has 0 unspecified atom stereocenters. The molecule has 0 atom stereocenters. The summed E-state index contributed by atoms with van der Waals surface area (Å²) in [5.74, 6) is 0.641. The van der Waals surface area contributed by atoms with Crippen LogP contribution in [0.1, 0.15) is 78.0 Å². The van der Waals surface area contributed by atoms with Crippen molar-refractivity contribution in [1.29, 1.82) is 0 Å². The number of phenolic OH excluding ortho intramolecular Hbond substituents is 1. The van der Waals surface area contributed by atoms with E-state index in [1.165, 1.54) is 22.3 Å². The van der Waals surface area contributed by atoms with Crippen molar-refractivity contribution >= 4 is 21.6 Å². The Kier molecular flexibility index (Phi) is 9.47. The van der Waals surface area contributed by atoms with E-state index in [0.717, 1.165) is 48.7 Å². The van der Waals surface area contributed by atoms with Crippen LogP contribution in [0, 0.1) is 6.07 Å². The number of benzene rings is 4. The molecule has 0 amide bonds. The number of aromatic hydroxyl groups is 1. The third kappa shape index (κ3) is 6.89. The quantitative estimate of drug-likeness (QED) is 0.177. The minimum Gasteiger partial charge on any atom is -0.507 e. The maximum atomic E-state index is 10.7. The van der Waals surface area contributed by atoms with Crippen molar-refractivity contribution in [3.8, 4) is 49.8 Å². The topological polar surface area (TPSA) is 46.0 Å². The Morgan fingerprint density at radius 3 is 2.02 bits per heavy atom. The zero-order chi connectivity index (χ0) is 32.1. The Hall–Kier alpha value is -3.59. The van der Waals surface area contributed by atoms with E-state index in [9.17, 15) is 5.11 Å². The molecule has 46 heavy (non-hydrogen) atoms. The first-order chi connectivity index (χ1) is 21.3. The van der Waals surface area contributed by atoms with Gasteiger partial charge in [0.05, 0.1) is 11.1 Å². The number of rotatable bonds is 5. The molecular formula is C41H41N2OPtS-. The first kappa shape index (κ1) is 33.8. The molecule has 2 heterocycles. The van der Waals surface area contributed by atoms with Gasteiger partial charge in [-0.1, -0.05) is 121 Å². The van der Waals surface area contributed by atoms with Crippen molar-refractivity contribution in [3.05, 3.63) is 114 Å². The number of hydrogen-bond donors (Lipinski definition) is 1. The van der Waals surface area contributed by atoms with E-state index in [-0.39, 0.29) is 37.6 Å². The van der Waals surface area contributed by atoms with Crippen LogP contribution >= 0.6 is 11.3 Å². The summed E-state index contributed by atoms with van der Waals surface area (Å²) in [5, 5.41) is 11.5. The van der Waals surface area contributed by atoms with Crippen molar-refractivity contribution in [2.75, 3.05) is 0 Å². The normalized spacial score (nSPS) is 12.0. The molecule has 0 aliphatic heterocycles. The fourth-order valence-corrected chi connectivity index (χ4v) is 6.63. The van der Waals surface area contributed by atoms with Gasteiger partial charge in [0, 0.05) is 37.7 Å². The Labute approximate surface area is 292 Å². The van der Waals surface area contributed by atoms with Crippen LogP contribution < -0.4 is 0 Å². The molecule has 0 radical (unpaired) electrons. The SMILES string of the molecule is CC(C)c1cc(-c2cc(-c3ccccn3)[c-]c(-c3cc(C(C)(C)C)cc4sc(-c5ccccc5O)nc34)c2)cc(C(C)(C)C)c1.[Pt]. The zero-order valence-electron chi connectivity index (χ0n) is 27.8. The van der Waals surface area contributed by atoms with E-state index in [1.807, 2.05) is 42.6 Å². The molecular weight excluding hydrogens is 764 g/mol. The minimum absolute atomic E-state index is 0. The van der Waals surface area contributed by atoms with Crippen LogP contribution in [-0.2, 0) is 31.9 Å². The van der Waals surface area contributed by atoms with Crippen molar-refractivity contribution in [3.63, 3.8) is 0 Å². The molecule has 6 rings (SSSR count). The molecule has 238 valence electrons. The summed E-state index contributed by atoms with van der Waals surface area (Å²) < 4.78 is 1.09. The second-order valence-corrected chi connectivity index (χ2v) is 15.3. The molecule has 3 nitrogen and oxygen atoms in total.